The van der Waals surface area contributed by atoms with Gasteiger partial charge in [-0.1, -0.05) is 29.8 Å². The Morgan fingerprint density at radius 1 is 1.21 bits per heavy atom. The first kappa shape index (κ1) is 17.4. The molecule has 1 fully saturated rings. The summed E-state index contributed by atoms with van der Waals surface area (Å²) in [6.07, 6.45) is 1.60. The van der Waals surface area contributed by atoms with Gasteiger partial charge in [0.15, 0.2) is 5.84 Å². The van der Waals surface area contributed by atoms with Crippen LogP contribution < -0.4 is 5.32 Å². The van der Waals surface area contributed by atoms with Crippen molar-refractivity contribution in [3.63, 3.8) is 0 Å². The van der Waals surface area contributed by atoms with E-state index in [0.29, 0.717) is 5.71 Å². The summed E-state index contributed by atoms with van der Waals surface area (Å²) in [7, 11) is 5.12. The van der Waals surface area contributed by atoms with Crippen molar-refractivity contribution >= 4 is 23.5 Å². The van der Waals surface area contributed by atoms with Gasteiger partial charge in [-0.15, -0.1) is 5.10 Å². The monoisotopic (exact) mass is 327 g/mol. The number of amides is 3. The number of imide groups is 1. The van der Waals surface area contributed by atoms with E-state index in [2.05, 4.69) is 15.5 Å². The van der Waals surface area contributed by atoms with E-state index >= 15 is 0 Å². The third-order valence-corrected chi connectivity index (χ3v) is 3.48. The molecule has 2 rings (SSSR count). The zero-order chi connectivity index (χ0) is 17.9. The second-order valence-corrected chi connectivity index (χ2v) is 5.80. The third-order valence-electron chi connectivity index (χ3n) is 3.48. The lowest BCUT2D eigenvalue weighted by Crippen LogP contribution is -2.52. The lowest BCUT2D eigenvalue weighted by atomic mass is 10.1. The molecule has 0 spiro atoms. The maximum Gasteiger partial charge on any atom is 0.329 e. The van der Waals surface area contributed by atoms with E-state index in [-0.39, 0.29) is 11.4 Å². The number of hydrogen-bond acceptors (Lipinski definition) is 5. The fraction of sp³-hybridized carbons (Fsp3) is 0.294. The van der Waals surface area contributed by atoms with Crippen molar-refractivity contribution in [3.8, 4) is 0 Å². The molecular formula is C17H21N5O2. The number of rotatable bonds is 3. The zero-order valence-corrected chi connectivity index (χ0v) is 14.5. The van der Waals surface area contributed by atoms with Crippen molar-refractivity contribution in [2.75, 3.05) is 21.1 Å². The van der Waals surface area contributed by atoms with Gasteiger partial charge in [-0.25, -0.2) is 4.79 Å². The molecular weight excluding hydrogens is 306 g/mol. The van der Waals surface area contributed by atoms with Crippen LogP contribution in [0.4, 0.5) is 4.79 Å². The second-order valence-electron chi connectivity index (χ2n) is 5.80. The Kier molecular flexibility index (Phi) is 5.13. The van der Waals surface area contributed by atoms with Crippen molar-refractivity contribution in [2.45, 2.75) is 13.8 Å². The Hall–Kier alpha value is -2.96. The smallest absolute Gasteiger partial charge is 0.329 e. The summed E-state index contributed by atoms with van der Waals surface area (Å²) in [4.78, 5) is 26.9. The van der Waals surface area contributed by atoms with Crippen molar-refractivity contribution < 1.29 is 9.59 Å². The summed E-state index contributed by atoms with van der Waals surface area (Å²) in [5.41, 5.74) is 3.06. The van der Waals surface area contributed by atoms with Crippen molar-refractivity contribution in [1.29, 1.82) is 0 Å². The predicted octanol–water partition coefficient (Wildman–Crippen LogP) is 1.74. The number of carbonyl (C=O) groups is 2. The number of aryl methyl sites for hydroxylation is 1. The lowest BCUT2D eigenvalue weighted by molar-refractivity contribution is -0.116. The van der Waals surface area contributed by atoms with E-state index in [1.54, 1.807) is 32.2 Å². The maximum absolute atomic E-state index is 12.1. The molecule has 24 heavy (non-hydrogen) atoms. The minimum absolute atomic E-state index is 0.212. The SMILES string of the molecule is CC(=NN=C1C(=CN(C)C)C(=O)NC(=O)N1C)c1ccc(C)cc1. The molecule has 0 unspecified atom stereocenters. The van der Waals surface area contributed by atoms with Crippen LogP contribution in [0.1, 0.15) is 18.1 Å². The highest BCUT2D eigenvalue weighted by Crippen LogP contribution is 2.12. The first-order valence-corrected chi connectivity index (χ1v) is 7.46. The number of urea groups is 1. The molecule has 1 heterocycles. The molecule has 1 N–H and O–H groups in total. The maximum atomic E-state index is 12.1. The average Bonchev–Trinajstić information content (AvgIpc) is 2.52. The molecule has 0 aromatic heterocycles. The largest absolute Gasteiger partial charge is 0.383 e. The van der Waals surface area contributed by atoms with E-state index < -0.39 is 11.9 Å². The van der Waals surface area contributed by atoms with Gasteiger partial charge in [-0.05, 0) is 19.4 Å². The number of likely N-dealkylation sites (N-methyl/N-ethyl adjacent to an activating group) is 1. The van der Waals surface area contributed by atoms with E-state index in [0.717, 1.165) is 11.1 Å². The zero-order valence-electron chi connectivity index (χ0n) is 14.5. The number of amidine groups is 1. The molecule has 0 radical (unpaired) electrons. The van der Waals surface area contributed by atoms with Crippen molar-refractivity contribution in [2.24, 2.45) is 10.2 Å². The van der Waals surface area contributed by atoms with Crippen LogP contribution in [0.5, 0.6) is 0 Å². The molecule has 0 saturated carbocycles. The minimum atomic E-state index is -0.530. The predicted molar refractivity (Wildman–Crippen MR) is 93.9 cm³/mol. The molecule has 1 aromatic rings. The Balaban J connectivity index is 2.41. The van der Waals surface area contributed by atoms with Gasteiger partial charge < -0.3 is 4.90 Å². The number of nitrogens with one attached hydrogen (secondary N) is 1. The van der Waals surface area contributed by atoms with Gasteiger partial charge in [-0.2, -0.15) is 5.10 Å². The molecule has 7 heteroatoms. The van der Waals surface area contributed by atoms with Gasteiger partial charge in [0.05, 0.1) is 5.71 Å². The summed E-state index contributed by atoms with van der Waals surface area (Å²) >= 11 is 0. The Bertz CT molecular complexity index is 745. The van der Waals surface area contributed by atoms with Crippen LogP contribution >= 0.6 is 0 Å². The average molecular weight is 327 g/mol. The fourth-order valence-corrected chi connectivity index (χ4v) is 2.10. The van der Waals surface area contributed by atoms with Crippen molar-refractivity contribution in [1.82, 2.24) is 15.1 Å². The molecule has 1 aliphatic rings. The van der Waals surface area contributed by atoms with Crippen LogP contribution in [0.3, 0.4) is 0 Å². The molecule has 1 aliphatic heterocycles. The fourth-order valence-electron chi connectivity index (χ4n) is 2.10. The highest BCUT2D eigenvalue weighted by Gasteiger charge is 2.31. The van der Waals surface area contributed by atoms with Gasteiger partial charge in [0.25, 0.3) is 5.91 Å². The molecule has 0 atom stereocenters. The Morgan fingerprint density at radius 2 is 1.83 bits per heavy atom. The molecule has 7 nitrogen and oxygen atoms in total. The molecule has 126 valence electrons. The molecule has 0 aliphatic carbocycles. The summed E-state index contributed by atoms with van der Waals surface area (Å²) < 4.78 is 0. The van der Waals surface area contributed by atoms with Crippen LogP contribution in [0.2, 0.25) is 0 Å². The number of carbonyl (C=O) groups excluding carboxylic acids is 2. The Labute approximate surface area is 141 Å². The van der Waals surface area contributed by atoms with Crippen LogP contribution in [0.25, 0.3) is 0 Å². The first-order valence-electron chi connectivity index (χ1n) is 7.46. The van der Waals surface area contributed by atoms with Gasteiger partial charge in [0, 0.05) is 27.3 Å². The number of benzene rings is 1. The second kappa shape index (κ2) is 7.08. The topological polar surface area (TPSA) is 77.4 Å². The first-order chi connectivity index (χ1) is 11.3. The van der Waals surface area contributed by atoms with Crippen LogP contribution in [0, 0.1) is 6.92 Å². The summed E-state index contributed by atoms with van der Waals surface area (Å²) in [5, 5.41) is 10.6. The summed E-state index contributed by atoms with van der Waals surface area (Å²) in [6.45, 7) is 3.84. The number of hydrogen-bond donors (Lipinski definition) is 1. The number of nitrogens with zero attached hydrogens (tertiary/aromatic N) is 4. The Morgan fingerprint density at radius 3 is 2.42 bits per heavy atom. The molecule has 0 bridgehead atoms. The molecule has 1 aromatic carbocycles. The molecule has 1 saturated heterocycles. The van der Waals surface area contributed by atoms with E-state index in [1.807, 2.05) is 38.1 Å². The van der Waals surface area contributed by atoms with Crippen LogP contribution in [0.15, 0.2) is 46.2 Å². The quantitative estimate of drug-likeness (QED) is 0.522. The molecule has 3 amide bonds. The highest BCUT2D eigenvalue weighted by molar-refractivity contribution is 6.30. The summed E-state index contributed by atoms with van der Waals surface area (Å²) in [6, 6.07) is 7.35. The van der Waals surface area contributed by atoms with Gasteiger partial charge >= 0.3 is 6.03 Å². The van der Waals surface area contributed by atoms with E-state index in [1.165, 1.54) is 4.90 Å². The highest BCUT2D eigenvalue weighted by atomic mass is 16.2. The van der Waals surface area contributed by atoms with Gasteiger partial charge in [0.1, 0.15) is 5.57 Å². The normalized spacial score (nSPS) is 19.0. The van der Waals surface area contributed by atoms with E-state index in [9.17, 15) is 9.59 Å². The van der Waals surface area contributed by atoms with Crippen LogP contribution in [-0.4, -0.2) is 54.4 Å². The van der Waals surface area contributed by atoms with Gasteiger partial charge in [0.2, 0.25) is 0 Å². The van der Waals surface area contributed by atoms with E-state index in [4.69, 9.17) is 0 Å². The van der Waals surface area contributed by atoms with Crippen LogP contribution in [-0.2, 0) is 4.79 Å². The summed E-state index contributed by atoms with van der Waals surface area (Å²) in [5.74, 6) is -0.280. The minimum Gasteiger partial charge on any atom is -0.383 e. The standard InChI is InChI=1S/C17H21N5O2/c1-11-6-8-13(9-7-11)12(2)19-20-15-14(10-21(3)4)16(23)18-17(24)22(15)5/h6-10H,1-5H3,(H,18,23,24). The van der Waals surface area contributed by atoms with Crippen molar-refractivity contribution in [3.05, 3.63) is 47.2 Å². The lowest BCUT2D eigenvalue weighted by Gasteiger charge is -2.26. The van der Waals surface area contributed by atoms with Gasteiger partial charge in [-0.3, -0.25) is 15.0 Å². The third kappa shape index (κ3) is 3.87.